The third-order valence-corrected chi connectivity index (χ3v) is 4.58. The maximum atomic E-state index is 13.8. The molecule has 22 heteroatoms. The van der Waals surface area contributed by atoms with Gasteiger partial charge >= 0.3 is 36.5 Å². The topological polar surface area (TPSA) is 144 Å². The summed E-state index contributed by atoms with van der Waals surface area (Å²) in [5.41, 5.74) is -15.9. The summed E-state index contributed by atoms with van der Waals surface area (Å²) in [6.07, 6.45) is -23.3. The SMILES string of the molecule is O=C(Nc1cc(C(F)(F)F)c(-c2cc([N+](=O)[O-])c(NC(=O)C(F)(F)F)cc2C(F)(F)F)cc1[N+](=O)[O-])C(F)(F)F. The van der Waals surface area contributed by atoms with Crippen molar-refractivity contribution in [3.8, 4) is 11.1 Å². The average molecular weight is 602 g/mol. The standard InChI is InChI=1S/C18H6F12N4O6/c19-15(20,21)7-3-9(31-13(35)17(25,26)27)11(33(37)38)1-5(7)6-2-12(34(39)40)10(4-8(6)16(22,23)24)32-14(36)18(28,29)30/h1-4H,(H,31,35)(H,32,36). The van der Waals surface area contributed by atoms with Crippen molar-refractivity contribution in [3.05, 3.63) is 55.6 Å². The zero-order chi connectivity index (χ0) is 31.2. The largest absolute Gasteiger partial charge is 0.471 e. The molecule has 0 spiro atoms. The smallest absolute Gasteiger partial charge is 0.312 e. The number of rotatable bonds is 5. The lowest BCUT2D eigenvalue weighted by Gasteiger charge is -2.20. The first-order chi connectivity index (χ1) is 17.9. The van der Waals surface area contributed by atoms with E-state index in [0.717, 1.165) is 10.6 Å². The lowest BCUT2D eigenvalue weighted by atomic mass is 9.92. The molecule has 0 fully saturated rings. The molecule has 0 saturated carbocycles. The van der Waals surface area contributed by atoms with Crippen LogP contribution in [0.3, 0.4) is 0 Å². The fraction of sp³-hybridized carbons (Fsp3) is 0.222. The third kappa shape index (κ3) is 6.85. The van der Waals surface area contributed by atoms with Crippen molar-refractivity contribution in [1.29, 1.82) is 0 Å². The van der Waals surface area contributed by atoms with Gasteiger partial charge in [-0.2, -0.15) is 52.7 Å². The first-order valence-electron chi connectivity index (χ1n) is 9.41. The molecule has 0 aromatic heterocycles. The fourth-order valence-corrected chi connectivity index (χ4v) is 2.98. The number of nitrogens with one attached hydrogen (secondary N) is 2. The molecule has 0 bridgehead atoms. The number of nitrogens with zero attached hydrogens (tertiary/aromatic N) is 2. The molecule has 0 unspecified atom stereocenters. The number of nitro groups is 2. The Labute approximate surface area is 209 Å². The second kappa shape index (κ2) is 10.1. The fourth-order valence-electron chi connectivity index (χ4n) is 2.98. The van der Waals surface area contributed by atoms with Crippen molar-refractivity contribution < 1.29 is 72.1 Å². The zero-order valence-electron chi connectivity index (χ0n) is 18.2. The van der Waals surface area contributed by atoms with Crippen molar-refractivity contribution >= 4 is 34.6 Å². The number of halogens is 12. The summed E-state index contributed by atoms with van der Waals surface area (Å²) in [6.45, 7) is 0. The summed E-state index contributed by atoms with van der Waals surface area (Å²) in [5.74, 6) is -6.04. The van der Waals surface area contributed by atoms with Gasteiger partial charge in [-0.05, 0) is 12.1 Å². The van der Waals surface area contributed by atoms with Crippen LogP contribution in [-0.2, 0) is 21.9 Å². The molecule has 0 aliphatic rings. The molecule has 0 aliphatic heterocycles. The van der Waals surface area contributed by atoms with Gasteiger partial charge in [0.05, 0.1) is 21.0 Å². The van der Waals surface area contributed by atoms with Gasteiger partial charge in [-0.3, -0.25) is 29.8 Å². The minimum absolute atomic E-state index is 0.392. The Bertz CT molecular complexity index is 1290. The normalized spacial score (nSPS) is 12.6. The van der Waals surface area contributed by atoms with Gasteiger partial charge in [0, 0.05) is 23.3 Å². The highest BCUT2D eigenvalue weighted by atomic mass is 19.4. The van der Waals surface area contributed by atoms with E-state index >= 15 is 0 Å². The Morgan fingerprint density at radius 3 is 1.05 bits per heavy atom. The maximum absolute atomic E-state index is 13.8. The van der Waals surface area contributed by atoms with Gasteiger partial charge < -0.3 is 10.6 Å². The van der Waals surface area contributed by atoms with Crippen LogP contribution in [0.4, 0.5) is 75.4 Å². The predicted molar refractivity (Wildman–Crippen MR) is 105 cm³/mol. The van der Waals surface area contributed by atoms with Crippen LogP contribution < -0.4 is 10.6 Å². The zero-order valence-corrected chi connectivity index (χ0v) is 18.2. The van der Waals surface area contributed by atoms with E-state index in [1.165, 1.54) is 0 Å². The predicted octanol–water partition coefficient (Wildman–Crippen LogP) is 6.21. The summed E-state index contributed by atoms with van der Waals surface area (Å²) in [4.78, 5) is 41.5. The quantitative estimate of drug-likeness (QED) is 0.237. The number of carbonyl (C=O) groups is 2. The van der Waals surface area contributed by atoms with Crippen molar-refractivity contribution in [2.75, 3.05) is 10.6 Å². The van der Waals surface area contributed by atoms with Crippen molar-refractivity contribution in [1.82, 2.24) is 0 Å². The molecular weight excluding hydrogens is 596 g/mol. The molecular formula is C18H6F12N4O6. The van der Waals surface area contributed by atoms with E-state index in [2.05, 4.69) is 0 Å². The summed E-state index contributed by atoms with van der Waals surface area (Å²) >= 11 is 0. The minimum atomic E-state index is -5.86. The van der Waals surface area contributed by atoms with Crippen LogP contribution in [0.2, 0.25) is 0 Å². The Morgan fingerprint density at radius 1 is 0.575 bits per heavy atom. The Hall–Kier alpha value is -4.66. The van der Waals surface area contributed by atoms with E-state index in [0.29, 0.717) is 0 Å². The van der Waals surface area contributed by atoms with Gasteiger partial charge in [-0.25, -0.2) is 0 Å². The van der Waals surface area contributed by atoms with Crippen LogP contribution in [0.1, 0.15) is 11.1 Å². The van der Waals surface area contributed by atoms with Crippen LogP contribution in [0.15, 0.2) is 24.3 Å². The Balaban J connectivity index is 3.04. The molecule has 0 aliphatic carbocycles. The molecule has 40 heavy (non-hydrogen) atoms. The number of carbonyl (C=O) groups excluding carboxylic acids is 2. The number of amides is 2. The monoisotopic (exact) mass is 602 g/mol. The number of benzene rings is 2. The highest BCUT2D eigenvalue weighted by Crippen LogP contribution is 2.48. The Kier molecular flexibility index (Phi) is 8.00. The lowest BCUT2D eigenvalue weighted by Crippen LogP contribution is -2.30. The van der Waals surface area contributed by atoms with Crippen LogP contribution in [0, 0.1) is 20.2 Å². The van der Waals surface area contributed by atoms with Gasteiger partial charge in [-0.1, -0.05) is 0 Å². The van der Waals surface area contributed by atoms with Crippen LogP contribution in [0.25, 0.3) is 11.1 Å². The maximum Gasteiger partial charge on any atom is 0.471 e. The number of hydrogen-bond donors (Lipinski definition) is 2. The summed E-state index contributed by atoms with van der Waals surface area (Å²) < 4.78 is 158. The van der Waals surface area contributed by atoms with Crippen LogP contribution in [0.5, 0.6) is 0 Å². The number of anilines is 2. The van der Waals surface area contributed by atoms with E-state index in [9.17, 15) is 82.5 Å². The van der Waals surface area contributed by atoms with Gasteiger partial charge in [0.25, 0.3) is 11.4 Å². The summed E-state index contributed by atoms with van der Waals surface area (Å²) in [6, 6.07) is -1.89. The summed E-state index contributed by atoms with van der Waals surface area (Å²) in [7, 11) is 0. The number of hydrogen-bond acceptors (Lipinski definition) is 6. The second-order valence-electron chi connectivity index (χ2n) is 7.24. The Morgan fingerprint density at radius 2 is 0.850 bits per heavy atom. The molecule has 218 valence electrons. The minimum Gasteiger partial charge on any atom is -0.312 e. The van der Waals surface area contributed by atoms with Gasteiger partial charge in [0.2, 0.25) is 0 Å². The second-order valence-corrected chi connectivity index (χ2v) is 7.24. The van der Waals surface area contributed by atoms with E-state index in [1.807, 2.05) is 0 Å². The van der Waals surface area contributed by atoms with Crippen molar-refractivity contribution in [3.63, 3.8) is 0 Å². The molecule has 2 rings (SSSR count). The molecule has 0 saturated heterocycles. The first-order valence-corrected chi connectivity index (χ1v) is 9.41. The molecule has 10 nitrogen and oxygen atoms in total. The lowest BCUT2D eigenvalue weighted by molar-refractivity contribution is -0.384. The van der Waals surface area contributed by atoms with Crippen molar-refractivity contribution in [2.45, 2.75) is 24.7 Å². The number of nitro benzene ring substituents is 2. The van der Waals surface area contributed by atoms with Crippen LogP contribution >= 0.6 is 0 Å². The van der Waals surface area contributed by atoms with E-state index < -0.39 is 116 Å². The van der Waals surface area contributed by atoms with Gasteiger partial charge in [-0.15, -0.1) is 0 Å². The molecule has 0 atom stereocenters. The van der Waals surface area contributed by atoms with Crippen LogP contribution in [-0.4, -0.2) is 34.0 Å². The average Bonchev–Trinajstić information content (AvgIpc) is 2.75. The molecule has 2 aromatic rings. The van der Waals surface area contributed by atoms with E-state index in [1.54, 1.807) is 0 Å². The molecule has 0 heterocycles. The highest BCUT2D eigenvalue weighted by Gasteiger charge is 2.45. The molecule has 0 radical (unpaired) electrons. The third-order valence-electron chi connectivity index (χ3n) is 4.58. The van der Waals surface area contributed by atoms with E-state index in [-0.39, 0.29) is 0 Å². The van der Waals surface area contributed by atoms with Crippen molar-refractivity contribution in [2.24, 2.45) is 0 Å². The van der Waals surface area contributed by atoms with E-state index in [4.69, 9.17) is 0 Å². The molecule has 2 amide bonds. The van der Waals surface area contributed by atoms with Gasteiger partial charge in [0.1, 0.15) is 11.4 Å². The first kappa shape index (κ1) is 31.6. The molecule has 2 aromatic carbocycles. The summed E-state index contributed by atoms with van der Waals surface area (Å²) in [5, 5.41) is 24.2. The highest BCUT2D eigenvalue weighted by molar-refractivity contribution is 5.99. The number of alkyl halides is 12. The van der Waals surface area contributed by atoms with Gasteiger partial charge in [0.15, 0.2) is 0 Å². The molecule has 2 N–H and O–H groups in total.